The van der Waals surface area contributed by atoms with Gasteiger partial charge in [-0.05, 0) is 43.3 Å². The minimum atomic E-state index is -3.88. The molecule has 0 saturated carbocycles. The number of nitrogens with one attached hydrogen (secondary N) is 2. The third kappa shape index (κ3) is 4.99. The van der Waals surface area contributed by atoms with Crippen LogP contribution < -0.4 is 9.44 Å². The van der Waals surface area contributed by atoms with Gasteiger partial charge in [0.1, 0.15) is 5.82 Å². The van der Waals surface area contributed by atoms with Gasteiger partial charge >= 0.3 is 0 Å². The van der Waals surface area contributed by atoms with E-state index in [0.29, 0.717) is 0 Å². The fourth-order valence-corrected chi connectivity index (χ4v) is 3.92. The van der Waals surface area contributed by atoms with Crippen molar-refractivity contribution in [3.05, 3.63) is 48.7 Å². The summed E-state index contributed by atoms with van der Waals surface area (Å²) in [6.45, 7) is 1.56. The Morgan fingerprint density at radius 1 is 1.04 bits per heavy atom. The quantitative estimate of drug-likeness (QED) is 0.745. The molecule has 0 fully saturated rings. The van der Waals surface area contributed by atoms with Crippen LogP contribution in [0.25, 0.3) is 0 Å². The number of pyridine rings is 1. The number of sulfonamides is 2. The number of hydrogen-bond acceptors (Lipinski definition) is 6. The van der Waals surface area contributed by atoms with Crippen molar-refractivity contribution in [2.75, 3.05) is 11.3 Å². The van der Waals surface area contributed by atoms with E-state index in [1.165, 1.54) is 36.5 Å². The number of hydrogen-bond donors (Lipinski definition) is 2. The summed E-state index contributed by atoms with van der Waals surface area (Å²) in [7, 11) is -7.69. The van der Waals surface area contributed by atoms with Gasteiger partial charge in [0.2, 0.25) is 10.0 Å². The Hall–Kier alpha value is -2.48. The van der Waals surface area contributed by atoms with Crippen LogP contribution in [0.3, 0.4) is 0 Å². The molecule has 0 bridgehead atoms. The van der Waals surface area contributed by atoms with Gasteiger partial charge in [-0.3, -0.25) is 4.72 Å². The van der Waals surface area contributed by atoms with Crippen molar-refractivity contribution in [1.82, 2.24) is 9.71 Å². The van der Waals surface area contributed by atoms with Gasteiger partial charge in [0.15, 0.2) is 0 Å². The van der Waals surface area contributed by atoms with Crippen LogP contribution in [0.5, 0.6) is 0 Å². The monoisotopic (exact) mass is 380 g/mol. The molecular formula is C15H16N4O4S2. The van der Waals surface area contributed by atoms with Gasteiger partial charge in [0, 0.05) is 12.7 Å². The van der Waals surface area contributed by atoms with Gasteiger partial charge in [-0.15, -0.1) is 0 Å². The predicted octanol–water partition coefficient (Wildman–Crippen LogP) is 1.32. The molecule has 2 aromatic rings. The molecule has 2 N–H and O–H groups in total. The summed E-state index contributed by atoms with van der Waals surface area (Å²) in [4.78, 5) is 3.69. The summed E-state index contributed by atoms with van der Waals surface area (Å²) >= 11 is 0. The molecule has 0 aliphatic heterocycles. The molecule has 0 aliphatic carbocycles. The molecule has 10 heteroatoms. The second-order valence-electron chi connectivity index (χ2n) is 5.17. The van der Waals surface area contributed by atoms with Gasteiger partial charge < -0.3 is 0 Å². The van der Waals surface area contributed by atoms with Crippen molar-refractivity contribution >= 4 is 25.9 Å². The van der Waals surface area contributed by atoms with Gasteiger partial charge in [-0.25, -0.2) is 26.5 Å². The van der Waals surface area contributed by atoms with E-state index in [9.17, 15) is 16.8 Å². The maximum Gasteiger partial charge on any atom is 0.263 e. The largest absolute Gasteiger partial charge is 0.263 e. The van der Waals surface area contributed by atoms with E-state index >= 15 is 0 Å². The summed E-state index contributed by atoms with van der Waals surface area (Å²) in [5, 5.41) is 8.69. The predicted molar refractivity (Wildman–Crippen MR) is 91.5 cm³/mol. The fraction of sp³-hybridized carbons (Fsp3) is 0.200. The highest BCUT2D eigenvalue weighted by Crippen LogP contribution is 2.17. The molecule has 0 amide bonds. The number of rotatable bonds is 7. The number of benzene rings is 1. The lowest BCUT2D eigenvalue weighted by atomic mass is 10.2. The SMILES string of the molecule is C[C@H](C#N)CNS(=O)(=O)c1ccc(S(=O)(=O)Nc2ccccn2)cc1. The second kappa shape index (κ2) is 7.60. The molecule has 1 atom stereocenters. The molecule has 0 aliphatic rings. The Kier molecular flexibility index (Phi) is 5.73. The van der Waals surface area contributed by atoms with E-state index in [1.54, 1.807) is 19.1 Å². The summed E-state index contributed by atoms with van der Waals surface area (Å²) in [5.41, 5.74) is 0. The van der Waals surface area contributed by atoms with E-state index in [0.717, 1.165) is 0 Å². The van der Waals surface area contributed by atoms with Gasteiger partial charge in [0.05, 0.1) is 21.8 Å². The maximum atomic E-state index is 12.3. The minimum Gasteiger partial charge on any atom is -0.263 e. The fourth-order valence-electron chi connectivity index (χ4n) is 1.78. The first-order chi connectivity index (χ1) is 11.7. The summed E-state index contributed by atoms with van der Waals surface area (Å²) in [6.07, 6.45) is 1.45. The standard InChI is InChI=1S/C15H16N4O4S2/c1-12(10-16)11-18-24(20,21)13-5-7-14(8-6-13)25(22,23)19-15-4-2-3-9-17-15/h2-9,12,18H,11H2,1H3,(H,17,19)/t12-/m1/s1. The van der Waals surface area contributed by atoms with Crippen LogP contribution in [-0.2, 0) is 20.0 Å². The molecule has 0 saturated heterocycles. The molecule has 0 radical (unpaired) electrons. The van der Waals surface area contributed by atoms with Crippen LogP contribution in [0.1, 0.15) is 6.92 Å². The third-order valence-corrected chi connectivity index (χ3v) is 5.96. The molecule has 132 valence electrons. The van der Waals surface area contributed by atoms with E-state index in [1.807, 2.05) is 6.07 Å². The normalized spacial score (nSPS) is 13.0. The Morgan fingerprint density at radius 2 is 1.64 bits per heavy atom. The Bertz CT molecular complexity index is 966. The zero-order valence-corrected chi connectivity index (χ0v) is 14.9. The molecule has 8 nitrogen and oxygen atoms in total. The average Bonchev–Trinajstić information content (AvgIpc) is 2.60. The van der Waals surface area contributed by atoms with Crippen molar-refractivity contribution in [3.8, 4) is 6.07 Å². The van der Waals surface area contributed by atoms with Gasteiger partial charge in [-0.2, -0.15) is 5.26 Å². The van der Waals surface area contributed by atoms with E-state index < -0.39 is 26.0 Å². The number of nitriles is 1. The first kappa shape index (κ1) is 18.9. The lowest BCUT2D eigenvalue weighted by Crippen LogP contribution is -2.28. The highest BCUT2D eigenvalue weighted by atomic mass is 32.2. The molecule has 1 aromatic carbocycles. The van der Waals surface area contributed by atoms with Crippen LogP contribution >= 0.6 is 0 Å². The molecule has 25 heavy (non-hydrogen) atoms. The third-order valence-electron chi connectivity index (χ3n) is 3.15. The molecule has 1 aromatic heterocycles. The summed E-state index contributed by atoms with van der Waals surface area (Å²) in [6, 6.07) is 11.5. The van der Waals surface area contributed by atoms with Crippen molar-refractivity contribution in [2.45, 2.75) is 16.7 Å². The van der Waals surface area contributed by atoms with Crippen molar-refractivity contribution in [2.24, 2.45) is 5.92 Å². The summed E-state index contributed by atoms with van der Waals surface area (Å²) in [5.74, 6) is -0.316. The first-order valence-electron chi connectivity index (χ1n) is 7.18. The van der Waals surface area contributed by atoms with Crippen molar-refractivity contribution in [1.29, 1.82) is 5.26 Å². The van der Waals surface area contributed by atoms with Gasteiger partial charge in [-0.1, -0.05) is 6.07 Å². The average molecular weight is 380 g/mol. The first-order valence-corrected chi connectivity index (χ1v) is 10.1. The second-order valence-corrected chi connectivity index (χ2v) is 8.62. The molecule has 1 heterocycles. The van der Waals surface area contributed by atoms with Crippen LogP contribution in [0.2, 0.25) is 0 Å². The molecular weight excluding hydrogens is 364 g/mol. The van der Waals surface area contributed by atoms with Crippen molar-refractivity contribution < 1.29 is 16.8 Å². The van der Waals surface area contributed by atoms with E-state index in [4.69, 9.17) is 5.26 Å². The number of anilines is 1. The number of aromatic nitrogens is 1. The zero-order valence-electron chi connectivity index (χ0n) is 13.2. The Balaban J connectivity index is 2.17. The summed E-state index contributed by atoms with van der Waals surface area (Å²) < 4.78 is 53.3. The zero-order chi connectivity index (χ0) is 18.5. The lowest BCUT2D eigenvalue weighted by Gasteiger charge is -2.10. The Labute approximate surface area is 146 Å². The van der Waals surface area contributed by atoms with Crippen LogP contribution in [0, 0.1) is 17.2 Å². The highest BCUT2D eigenvalue weighted by Gasteiger charge is 2.18. The highest BCUT2D eigenvalue weighted by molar-refractivity contribution is 7.92. The molecule has 0 spiro atoms. The lowest BCUT2D eigenvalue weighted by molar-refractivity contribution is 0.572. The van der Waals surface area contributed by atoms with Crippen LogP contribution in [0.15, 0.2) is 58.5 Å². The molecule has 0 unspecified atom stereocenters. The van der Waals surface area contributed by atoms with E-state index in [-0.39, 0.29) is 22.2 Å². The molecule has 2 rings (SSSR count). The van der Waals surface area contributed by atoms with Crippen molar-refractivity contribution in [3.63, 3.8) is 0 Å². The smallest absolute Gasteiger partial charge is 0.263 e. The topological polar surface area (TPSA) is 129 Å². The van der Waals surface area contributed by atoms with E-state index in [2.05, 4.69) is 14.4 Å². The van der Waals surface area contributed by atoms with Gasteiger partial charge in [0.25, 0.3) is 10.0 Å². The maximum absolute atomic E-state index is 12.3. The van der Waals surface area contributed by atoms with Crippen LogP contribution in [0.4, 0.5) is 5.82 Å². The number of nitrogens with zero attached hydrogens (tertiary/aromatic N) is 2. The van der Waals surface area contributed by atoms with Crippen LogP contribution in [-0.4, -0.2) is 28.4 Å². The minimum absolute atomic E-state index is 0.0277. The Morgan fingerprint density at radius 3 is 2.16 bits per heavy atom.